The number of aryl methyl sites for hydroxylation is 1. The minimum atomic E-state index is -0.951. The number of benzene rings is 1. The fourth-order valence-corrected chi connectivity index (χ4v) is 3.35. The Morgan fingerprint density at radius 1 is 1.33 bits per heavy atom. The van der Waals surface area contributed by atoms with Crippen molar-refractivity contribution in [2.45, 2.75) is 19.4 Å². The van der Waals surface area contributed by atoms with E-state index in [1.807, 2.05) is 37.3 Å². The molecule has 0 fully saturated rings. The fraction of sp³-hybridized carbons (Fsp3) is 0.200. The van der Waals surface area contributed by atoms with Crippen LogP contribution >= 0.6 is 27.3 Å². The molecule has 0 spiro atoms. The van der Waals surface area contributed by atoms with Crippen LogP contribution in [0.4, 0.5) is 0 Å². The summed E-state index contributed by atoms with van der Waals surface area (Å²) in [7, 11) is 0. The molecule has 0 aliphatic heterocycles. The third-order valence-electron chi connectivity index (χ3n) is 2.97. The van der Waals surface area contributed by atoms with Gasteiger partial charge in [0.1, 0.15) is 0 Å². The van der Waals surface area contributed by atoms with Gasteiger partial charge in [0.05, 0.1) is 21.1 Å². The van der Waals surface area contributed by atoms with Crippen molar-refractivity contribution in [3.63, 3.8) is 0 Å². The molecule has 0 saturated carbocycles. The van der Waals surface area contributed by atoms with E-state index in [0.717, 1.165) is 14.9 Å². The molecule has 110 valence electrons. The molecule has 0 radical (unpaired) electrons. The van der Waals surface area contributed by atoms with Crippen LogP contribution < -0.4 is 5.32 Å². The first-order valence-electron chi connectivity index (χ1n) is 6.31. The van der Waals surface area contributed by atoms with Crippen molar-refractivity contribution in [1.29, 1.82) is 0 Å². The molecule has 0 bridgehead atoms. The monoisotopic (exact) mass is 367 g/mol. The van der Waals surface area contributed by atoms with E-state index in [0.29, 0.717) is 4.88 Å². The van der Waals surface area contributed by atoms with E-state index in [9.17, 15) is 9.59 Å². The number of hydrogen-bond acceptors (Lipinski definition) is 3. The summed E-state index contributed by atoms with van der Waals surface area (Å²) in [6.45, 7) is 1.91. The van der Waals surface area contributed by atoms with E-state index >= 15 is 0 Å². The molecule has 1 aromatic carbocycles. The Balaban J connectivity index is 2.19. The van der Waals surface area contributed by atoms with Gasteiger partial charge in [-0.15, -0.1) is 11.3 Å². The lowest BCUT2D eigenvalue weighted by atomic mass is 10.0. The largest absolute Gasteiger partial charge is 0.481 e. The first-order chi connectivity index (χ1) is 9.97. The van der Waals surface area contributed by atoms with Crippen LogP contribution in [-0.4, -0.2) is 17.0 Å². The van der Waals surface area contributed by atoms with Crippen LogP contribution in [0.1, 0.15) is 33.3 Å². The van der Waals surface area contributed by atoms with E-state index in [1.54, 1.807) is 6.07 Å². The van der Waals surface area contributed by atoms with E-state index in [1.165, 1.54) is 11.3 Å². The van der Waals surface area contributed by atoms with Crippen LogP contribution in [0.15, 0.2) is 40.2 Å². The highest BCUT2D eigenvalue weighted by atomic mass is 79.9. The van der Waals surface area contributed by atoms with E-state index in [4.69, 9.17) is 5.11 Å². The maximum Gasteiger partial charge on any atom is 0.305 e. The Kier molecular flexibility index (Phi) is 5.14. The molecule has 6 heteroatoms. The highest BCUT2D eigenvalue weighted by Crippen LogP contribution is 2.28. The number of hydrogen-bond donors (Lipinski definition) is 2. The predicted octanol–water partition coefficient (Wildman–Crippen LogP) is 3.76. The quantitative estimate of drug-likeness (QED) is 0.845. The smallest absolute Gasteiger partial charge is 0.305 e. The lowest BCUT2D eigenvalue weighted by Gasteiger charge is -2.16. The number of carboxylic acids is 1. The highest BCUT2D eigenvalue weighted by molar-refractivity contribution is 9.11. The van der Waals surface area contributed by atoms with Crippen LogP contribution in [0.2, 0.25) is 0 Å². The molecule has 1 atom stereocenters. The zero-order valence-electron chi connectivity index (χ0n) is 11.3. The number of rotatable bonds is 5. The summed E-state index contributed by atoms with van der Waals surface area (Å²) >= 11 is 4.72. The average molecular weight is 368 g/mol. The lowest BCUT2D eigenvalue weighted by Crippen LogP contribution is -2.29. The van der Waals surface area contributed by atoms with Gasteiger partial charge < -0.3 is 10.4 Å². The number of carboxylic acid groups (broad SMARTS) is 1. The second-order valence-corrected chi connectivity index (χ2v) is 6.97. The van der Waals surface area contributed by atoms with E-state index < -0.39 is 12.0 Å². The molecule has 2 N–H and O–H groups in total. The van der Waals surface area contributed by atoms with Gasteiger partial charge in [-0.1, -0.05) is 30.3 Å². The van der Waals surface area contributed by atoms with Crippen molar-refractivity contribution in [2.24, 2.45) is 0 Å². The van der Waals surface area contributed by atoms with Crippen molar-refractivity contribution in [3.05, 3.63) is 56.2 Å². The molecular weight excluding hydrogens is 354 g/mol. The maximum absolute atomic E-state index is 12.3. The second kappa shape index (κ2) is 6.87. The topological polar surface area (TPSA) is 66.4 Å². The number of carbonyl (C=O) groups excluding carboxylic acids is 1. The van der Waals surface area contributed by atoms with Crippen LogP contribution in [-0.2, 0) is 4.79 Å². The molecule has 2 aromatic rings. The minimum absolute atomic E-state index is 0.152. The van der Waals surface area contributed by atoms with Gasteiger partial charge >= 0.3 is 5.97 Å². The number of halogens is 1. The van der Waals surface area contributed by atoms with Gasteiger partial charge in [-0.2, -0.15) is 0 Å². The number of carbonyl (C=O) groups is 2. The molecule has 1 heterocycles. The summed E-state index contributed by atoms with van der Waals surface area (Å²) in [6, 6.07) is 10.4. The number of nitrogens with one attached hydrogen (secondary N) is 1. The Bertz CT molecular complexity index is 635. The van der Waals surface area contributed by atoms with Crippen LogP contribution in [0.3, 0.4) is 0 Å². The molecule has 1 amide bonds. The van der Waals surface area contributed by atoms with Crippen molar-refractivity contribution < 1.29 is 14.7 Å². The van der Waals surface area contributed by atoms with Gasteiger partial charge in [-0.05, 0) is 40.0 Å². The van der Waals surface area contributed by atoms with Gasteiger partial charge in [0, 0.05) is 0 Å². The van der Waals surface area contributed by atoms with Crippen LogP contribution in [0, 0.1) is 6.92 Å². The molecule has 21 heavy (non-hydrogen) atoms. The summed E-state index contributed by atoms with van der Waals surface area (Å²) in [5, 5.41) is 11.8. The summed E-state index contributed by atoms with van der Waals surface area (Å²) in [5.41, 5.74) is 1.76. The van der Waals surface area contributed by atoms with Gasteiger partial charge in [-0.3, -0.25) is 9.59 Å². The Morgan fingerprint density at radius 3 is 2.52 bits per heavy atom. The van der Waals surface area contributed by atoms with Gasteiger partial charge in [0.2, 0.25) is 0 Å². The first kappa shape index (κ1) is 15.7. The Labute approximate surface area is 134 Å². The van der Waals surface area contributed by atoms with E-state index in [-0.39, 0.29) is 12.3 Å². The molecular formula is C15H14BrNO3S. The Morgan fingerprint density at radius 2 is 2.00 bits per heavy atom. The fourth-order valence-electron chi connectivity index (χ4n) is 1.91. The lowest BCUT2D eigenvalue weighted by molar-refractivity contribution is -0.137. The molecule has 0 aliphatic rings. The minimum Gasteiger partial charge on any atom is -0.481 e. The van der Waals surface area contributed by atoms with Crippen molar-refractivity contribution in [3.8, 4) is 0 Å². The van der Waals surface area contributed by atoms with Gasteiger partial charge in [-0.25, -0.2) is 0 Å². The van der Waals surface area contributed by atoms with Crippen LogP contribution in [0.5, 0.6) is 0 Å². The van der Waals surface area contributed by atoms with Crippen molar-refractivity contribution in [2.75, 3.05) is 0 Å². The summed E-state index contributed by atoms with van der Waals surface area (Å²) < 4.78 is 0.905. The average Bonchev–Trinajstić information content (AvgIpc) is 2.78. The zero-order valence-corrected chi connectivity index (χ0v) is 13.7. The third-order valence-corrected chi connectivity index (χ3v) is 5.10. The SMILES string of the molecule is Cc1cc(C(=O)NC(CC(=O)O)c2ccccc2)sc1Br. The first-order valence-corrected chi connectivity index (χ1v) is 7.92. The number of aliphatic carboxylic acids is 1. The normalized spacial score (nSPS) is 11.9. The number of amides is 1. The van der Waals surface area contributed by atoms with Crippen molar-refractivity contribution in [1.82, 2.24) is 5.32 Å². The number of thiophene rings is 1. The second-order valence-electron chi connectivity index (χ2n) is 4.60. The predicted molar refractivity (Wildman–Crippen MR) is 85.7 cm³/mol. The third kappa shape index (κ3) is 4.15. The zero-order chi connectivity index (χ0) is 15.4. The molecule has 1 unspecified atom stereocenters. The summed E-state index contributed by atoms with van der Waals surface area (Å²) in [4.78, 5) is 23.8. The van der Waals surface area contributed by atoms with Crippen molar-refractivity contribution >= 4 is 39.1 Å². The van der Waals surface area contributed by atoms with Crippen LogP contribution in [0.25, 0.3) is 0 Å². The van der Waals surface area contributed by atoms with Gasteiger partial charge in [0.15, 0.2) is 0 Å². The summed E-state index contributed by atoms with van der Waals surface area (Å²) in [6.07, 6.45) is -0.152. The summed E-state index contributed by atoms with van der Waals surface area (Å²) in [5.74, 6) is -1.21. The van der Waals surface area contributed by atoms with Gasteiger partial charge in [0.25, 0.3) is 5.91 Å². The Hall–Kier alpha value is -1.66. The molecule has 0 aliphatic carbocycles. The highest BCUT2D eigenvalue weighted by Gasteiger charge is 2.20. The van der Waals surface area contributed by atoms with E-state index in [2.05, 4.69) is 21.2 Å². The molecule has 0 saturated heterocycles. The molecule has 4 nitrogen and oxygen atoms in total. The molecule has 2 rings (SSSR count). The standard InChI is InChI=1S/C15H14BrNO3S/c1-9-7-12(21-14(9)16)15(20)17-11(8-13(18)19)10-5-3-2-4-6-10/h2-7,11H,8H2,1H3,(H,17,20)(H,18,19). The maximum atomic E-state index is 12.3. The molecule has 1 aromatic heterocycles.